The molecule has 0 bridgehead atoms. The number of ether oxygens (including phenoxy) is 1. The Morgan fingerprint density at radius 2 is 2.18 bits per heavy atom. The summed E-state index contributed by atoms with van der Waals surface area (Å²) in [6.07, 6.45) is 2.53. The van der Waals surface area contributed by atoms with Crippen LogP contribution in [0.1, 0.15) is 12.8 Å². The van der Waals surface area contributed by atoms with Crippen LogP contribution in [0.25, 0.3) is 0 Å². The number of amides is 1. The SMILES string of the molecule is O=C(COC(=O)C1CCCN(S(=O)(=O)c2cccs2)C1)Nc1cccnc1Cl. The van der Waals surface area contributed by atoms with Crippen molar-refractivity contribution in [1.82, 2.24) is 9.29 Å². The molecule has 150 valence electrons. The highest BCUT2D eigenvalue weighted by molar-refractivity contribution is 7.91. The summed E-state index contributed by atoms with van der Waals surface area (Å²) in [6, 6.07) is 6.39. The molecule has 1 amide bonds. The Bertz CT molecular complexity index is 949. The van der Waals surface area contributed by atoms with Crippen LogP contribution in [0, 0.1) is 5.92 Å². The van der Waals surface area contributed by atoms with Crippen molar-refractivity contribution in [3.63, 3.8) is 0 Å². The fourth-order valence-corrected chi connectivity index (χ4v) is 5.65. The van der Waals surface area contributed by atoms with Gasteiger partial charge in [0.2, 0.25) is 0 Å². The summed E-state index contributed by atoms with van der Waals surface area (Å²) >= 11 is 6.99. The average molecular weight is 444 g/mol. The molecule has 1 N–H and O–H groups in total. The highest BCUT2D eigenvalue weighted by Crippen LogP contribution is 2.27. The number of hydrogen-bond acceptors (Lipinski definition) is 7. The zero-order chi connectivity index (χ0) is 20.1. The third-order valence-corrected chi connectivity index (χ3v) is 7.72. The van der Waals surface area contributed by atoms with Gasteiger partial charge in [-0.15, -0.1) is 11.3 Å². The monoisotopic (exact) mass is 443 g/mol. The Balaban J connectivity index is 1.54. The zero-order valence-corrected chi connectivity index (χ0v) is 17.1. The van der Waals surface area contributed by atoms with Gasteiger partial charge in [-0.3, -0.25) is 9.59 Å². The predicted octanol–water partition coefficient (Wildman–Crippen LogP) is 2.38. The number of esters is 1. The van der Waals surface area contributed by atoms with E-state index in [0.717, 1.165) is 11.3 Å². The quantitative estimate of drug-likeness (QED) is 0.542. The van der Waals surface area contributed by atoms with Crippen LogP contribution < -0.4 is 5.32 Å². The second-order valence-corrected chi connectivity index (χ2v) is 9.60. The van der Waals surface area contributed by atoms with E-state index in [1.54, 1.807) is 23.6 Å². The minimum Gasteiger partial charge on any atom is -0.455 e. The number of anilines is 1. The van der Waals surface area contributed by atoms with Gasteiger partial charge < -0.3 is 10.1 Å². The standard InChI is InChI=1S/C17H18ClN3O5S2/c18-16-13(5-1-7-19-16)20-14(22)11-26-17(23)12-4-2-8-21(10-12)28(24,25)15-6-3-9-27-15/h1,3,5-7,9,12H,2,4,8,10-11H2,(H,20,22). The van der Waals surface area contributed by atoms with Crippen LogP contribution in [-0.2, 0) is 24.3 Å². The van der Waals surface area contributed by atoms with Gasteiger partial charge in [-0.25, -0.2) is 13.4 Å². The first-order valence-corrected chi connectivity index (χ1v) is 11.2. The van der Waals surface area contributed by atoms with E-state index >= 15 is 0 Å². The van der Waals surface area contributed by atoms with Gasteiger partial charge in [0.05, 0.1) is 11.6 Å². The van der Waals surface area contributed by atoms with E-state index in [4.69, 9.17) is 16.3 Å². The van der Waals surface area contributed by atoms with E-state index in [1.807, 2.05) is 0 Å². The minimum atomic E-state index is -3.62. The lowest BCUT2D eigenvalue weighted by Gasteiger charge is -2.30. The maximum atomic E-state index is 12.6. The van der Waals surface area contributed by atoms with Gasteiger partial charge in [-0.05, 0) is 36.4 Å². The molecule has 1 atom stereocenters. The molecule has 2 aromatic rings. The fraction of sp³-hybridized carbons (Fsp3) is 0.353. The molecule has 2 aromatic heterocycles. The molecule has 8 nitrogen and oxygen atoms in total. The smallest absolute Gasteiger partial charge is 0.310 e. The van der Waals surface area contributed by atoms with Gasteiger partial charge in [0.15, 0.2) is 11.8 Å². The average Bonchev–Trinajstić information content (AvgIpc) is 3.24. The van der Waals surface area contributed by atoms with Crippen molar-refractivity contribution < 1.29 is 22.7 Å². The number of rotatable bonds is 6. The number of aromatic nitrogens is 1. The summed E-state index contributed by atoms with van der Waals surface area (Å²) in [6.45, 7) is -0.0998. The molecule has 1 unspecified atom stereocenters. The van der Waals surface area contributed by atoms with Crippen LogP contribution >= 0.6 is 22.9 Å². The van der Waals surface area contributed by atoms with E-state index in [2.05, 4.69) is 10.3 Å². The van der Waals surface area contributed by atoms with Crippen molar-refractivity contribution in [3.05, 3.63) is 41.0 Å². The Morgan fingerprint density at radius 1 is 1.36 bits per heavy atom. The van der Waals surface area contributed by atoms with E-state index in [-0.39, 0.29) is 15.9 Å². The fourth-order valence-electron chi connectivity index (χ4n) is 2.81. The summed E-state index contributed by atoms with van der Waals surface area (Å²) in [4.78, 5) is 28.1. The molecule has 28 heavy (non-hydrogen) atoms. The van der Waals surface area contributed by atoms with Gasteiger partial charge in [-0.1, -0.05) is 17.7 Å². The normalized spacial score (nSPS) is 17.8. The molecular weight excluding hydrogens is 426 g/mol. The molecule has 1 aliphatic heterocycles. The largest absolute Gasteiger partial charge is 0.455 e. The molecule has 3 rings (SSSR count). The van der Waals surface area contributed by atoms with Gasteiger partial charge in [-0.2, -0.15) is 4.31 Å². The number of carbonyl (C=O) groups is 2. The van der Waals surface area contributed by atoms with E-state index in [1.165, 1.54) is 16.6 Å². The third-order valence-electron chi connectivity index (χ3n) is 4.19. The Kier molecular flexibility index (Phi) is 6.65. The van der Waals surface area contributed by atoms with Crippen molar-refractivity contribution in [3.8, 4) is 0 Å². The molecular formula is C17H18ClN3O5S2. The molecule has 0 aromatic carbocycles. The second-order valence-electron chi connectivity index (χ2n) is 6.13. The minimum absolute atomic E-state index is 0.0368. The molecule has 0 aliphatic carbocycles. The number of nitrogens with zero attached hydrogens (tertiary/aromatic N) is 2. The molecule has 1 fully saturated rings. The maximum Gasteiger partial charge on any atom is 0.310 e. The summed E-state index contributed by atoms with van der Waals surface area (Å²) < 4.78 is 31.9. The lowest BCUT2D eigenvalue weighted by atomic mass is 10.00. The lowest BCUT2D eigenvalue weighted by molar-refractivity contribution is -0.152. The molecule has 1 aliphatic rings. The Hall–Kier alpha value is -2.01. The molecule has 0 radical (unpaired) electrons. The lowest BCUT2D eigenvalue weighted by Crippen LogP contribution is -2.42. The van der Waals surface area contributed by atoms with Crippen molar-refractivity contribution in [2.24, 2.45) is 5.92 Å². The molecule has 0 saturated carbocycles. The van der Waals surface area contributed by atoms with Crippen molar-refractivity contribution in [1.29, 1.82) is 0 Å². The van der Waals surface area contributed by atoms with E-state index in [0.29, 0.717) is 25.1 Å². The van der Waals surface area contributed by atoms with Crippen molar-refractivity contribution >= 4 is 50.5 Å². The summed E-state index contributed by atoms with van der Waals surface area (Å²) in [5.41, 5.74) is 0.316. The van der Waals surface area contributed by atoms with Gasteiger partial charge in [0.1, 0.15) is 4.21 Å². The second kappa shape index (κ2) is 8.99. The van der Waals surface area contributed by atoms with Crippen molar-refractivity contribution in [2.75, 3.05) is 25.0 Å². The van der Waals surface area contributed by atoms with Crippen LogP contribution in [0.5, 0.6) is 0 Å². The van der Waals surface area contributed by atoms with Gasteiger partial charge in [0, 0.05) is 19.3 Å². The van der Waals surface area contributed by atoms with Crippen LogP contribution in [0.2, 0.25) is 5.15 Å². The Morgan fingerprint density at radius 3 is 2.89 bits per heavy atom. The number of thiophene rings is 1. The number of pyridine rings is 1. The molecule has 3 heterocycles. The topological polar surface area (TPSA) is 106 Å². The van der Waals surface area contributed by atoms with E-state index in [9.17, 15) is 18.0 Å². The number of halogens is 1. The van der Waals surface area contributed by atoms with Crippen LogP contribution in [-0.4, -0.2) is 49.3 Å². The van der Waals surface area contributed by atoms with Gasteiger partial charge in [0.25, 0.3) is 15.9 Å². The van der Waals surface area contributed by atoms with Crippen LogP contribution in [0.4, 0.5) is 5.69 Å². The molecule has 1 saturated heterocycles. The number of hydrogen-bond donors (Lipinski definition) is 1. The first-order chi connectivity index (χ1) is 13.4. The summed E-state index contributed by atoms with van der Waals surface area (Å²) in [5.74, 6) is -1.76. The summed E-state index contributed by atoms with van der Waals surface area (Å²) in [7, 11) is -3.62. The maximum absolute atomic E-state index is 12.6. The first kappa shape index (κ1) is 20.7. The van der Waals surface area contributed by atoms with E-state index < -0.39 is 34.4 Å². The number of nitrogens with one attached hydrogen (secondary N) is 1. The first-order valence-electron chi connectivity index (χ1n) is 8.48. The predicted molar refractivity (Wildman–Crippen MR) is 105 cm³/mol. The van der Waals surface area contributed by atoms with Gasteiger partial charge >= 0.3 is 5.97 Å². The van der Waals surface area contributed by atoms with Crippen LogP contribution in [0.15, 0.2) is 40.1 Å². The third kappa shape index (κ3) is 4.88. The zero-order valence-electron chi connectivity index (χ0n) is 14.7. The Labute approximate surface area is 171 Å². The highest BCUT2D eigenvalue weighted by Gasteiger charge is 2.34. The highest BCUT2D eigenvalue weighted by atomic mass is 35.5. The number of carbonyl (C=O) groups excluding carboxylic acids is 2. The van der Waals surface area contributed by atoms with Crippen molar-refractivity contribution in [2.45, 2.75) is 17.1 Å². The molecule has 0 spiro atoms. The number of sulfonamides is 1. The number of piperidine rings is 1. The van der Waals surface area contributed by atoms with Crippen LogP contribution in [0.3, 0.4) is 0 Å². The molecule has 11 heteroatoms. The summed E-state index contributed by atoms with van der Waals surface area (Å²) in [5, 5.41) is 4.32.